The van der Waals surface area contributed by atoms with E-state index in [4.69, 9.17) is 0 Å². The zero-order chi connectivity index (χ0) is 18.2. The van der Waals surface area contributed by atoms with Crippen LogP contribution in [-0.2, 0) is 12.8 Å². The highest BCUT2D eigenvalue weighted by molar-refractivity contribution is 7.67. The first-order chi connectivity index (χ1) is 12.8. The van der Waals surface area contributed by atoms with Crippen molar-refractivity contribution in [2.75, 3.05) is 4.44 Å². The molecule has 0 fully saturated rings. The van der Waals surface area contributed by atoms with Crippen molar-refractivity contribution in [2.24, 2.45) is 0 Å². The summed E-state index contributed by atoms with van der Waals surface area (Å²) in [5.41, 5.74) is 4.10. The van der Waals surface area contributed by atoms with Gasteiger partial charge in [-0.25, -0.2) is 0 Å². The van der Waals surface area contributed by atoms with Crippen molar-refractivity contribution >= 4 is 33.8 Å². The van der Waals surface area contributed by atoms with Gasteiger partial charge in [-0.05, 0) is 40.6 Å². The average Bonchev–Trinajstić information content (AvgIpc) is 2.69. The molecule has 0 aromatic heterocycles. The molecule has 3 aromatic rings. The quantitative estimate of drug-likeness (QED) is 0.364. The molecular weight excluding hydrogens is 352 g/mol. The molecule has 0 radical (unpaired) electrons. The van der Waals surface area contributed by atoms with Crippen LogP contribution in [0.5, 0.6) is 0 Å². The molecule has 0 bridgehead atoms. The number of hydrogen-bond acceptors (Lipinski definition) is 1. The Morgan fingerprint density at radius 1 is 0.846 bits per heavy atom. The Labute approximate surface area is 160 Å². The number of nitrogens with zero attached hydrogens (tertiary/aromatic N) is 1. The third-order valence-corrected chi connectivity index (χ3v) is 6.96. The maximum atomic E-state index is 3.87. The topological polar surface area (TPSA) is 3.24 Å². The van der Waals surface area contributed by atoms with Crippen molar-refractivity contribution in [3.63, 3.8) is 0 Å². The number of rotatable bonds is 8. The van der Waals surface area contributed by atoms with Crippen molar-refractivity contribution in [3.8, 4) is 0 Å². The maximum absolute atomic E-state index is 3.87. The highest BCUT2D eigenvalue weighted by Crippen LogP contribution is 2.40. The molecule has 0 N–H and O–H groups in total. The van der Waals surface area contributed by atoms with Crippen LogP contribution in [0.1, 0.15) is 18.1 Å². The zero-order valence-electron chi connectivity index (χ0n) is 15.2. The van der Waals surface area contributed by atoms with Crippen molar-refractivity contribution < 1.29 is 0 Å². The average molecular weight is 377 g/mol. The molecular formula is C23H25NP2. The summed E-state index contributed by atoms with van der Waals surface area (Å²) in [6.45, 7) is 6.12. The molecule has 0 amide bonds. The molecule has 0 aliphatic carbocycles. The van der Waals surface area contributed by atoms with Gasteiger partial charge in [-0.3, -0.25) is 0 Å². The van der Waals surface area contributed by atoms with E-state index in [1.807, 2.05) is 6.08 Å². The minimum atomic E-state index is 0.621. The van der Waals surface area contributed by atoms with Crippen LogP contribution in [0.4, 0.5) is 5.69 Å². The van der Waals surface area contributed by atoms with Gasteiger partial charge in [0.1, 0.15) is 0 Å². The molecule has 3 aromatic carbocycles. The lowest BCUT2D eigenvalue weighted by Gasteiger charge is -2.27. The van der Waals surface area contributed by atoms with Crippen LogP contribution in [0.25, 0.3) is 0 Å². The Bertz CT molecular complexity index is 790. The summed E-state index contributed by atoms with van der Waals surface area (Å²) >= 11 is 0. The van der Waals surface area contributed by atoms with E-state index in [-0.39, 0.29) is 0 Å². The fourth-order valence-corrected chi connectivity index (χ4v) is 5.74. The van der Waals surface area contributed by atoms with E-state index in [0.717, 1.165) is 12.8 Å². The molecule has 1 nitrogen and oxygen atoms in total. The van der Waals surface area contributed by atoms with Crippen LogP contribution in [0.15, 0.2) is 91.5 Å². The van der Waals surface area contributed by atoms with Gasteiger partial charge in [0, 0.05) is 23.2 Å². The monoisotopic (exact) mass is 377 g/mol. The SMILES string of the molecule is C=CCc1ccc(N(Pc2ccccc2)Pc2ccccc2)c(CC)c1. The fraction of sp³-hybridized carbons (Fsp3) is 0.130. The van der Waals surface area contributed by atoms with Crippen LogP contribution >= 0.6 is 17.5 Å². The molecule has 26 heavy (non-hydrogen) atoms. The first-order valence-corrected chi connectivity index (χ1v) is 10.9. The highest BCUT2D eigenvalue weighted by Gasteiger charge is 2.13. The second kappa shape index (κ2) is 9.67. The number of aryl methyl sites for hydroxylation is 1. The van der Waals surface area contributed by atoms with Crippen LogP contribution in [0.2, 0.25) is 0 Å². The first kappa shape index (κ1) is 18.8. The molecule has 0 spiro atoms. The zero-order valence-corrected chi connectivity index (χ0v) is 17.2. The van der Waals surface area contributed by atoms with Crippen molar-refractivity contribution in [2.45, 2.75) is 19.8 Å². The van der Waals surface area contributed by atoms with E-state index >= 15 is 0 Å². The molecule has 0 heterocycles. The molecule has 0 aliphatic heterocycles. The molecule has 0 saturated heterocycles. The Balaban J connectivity index is 1.95. The van der Waals surface area contributed by atoms with Gasteiger partial charge in [-0.1, -0.05) is 85.8 Å². The molecule has 0 aliphatic rings. The largest absolute Gasteiger partial charge is 0.326 e. The van der Waals surface area contributed by atoms with Crippen LogP contribution in [-0.4, -0.2) is 0 Å². The number of anilines is 1. The van der Waals surface area contributed by atoms with E-state index in [2.05, 4.69) is 96.8 Å². The van der Waals surface area contributed by atoms with E-state index in [1.54, 1.807) is 0 Å². The third kappa shape index (κ3) is 5.04. The van der Waals surface area contributed by atoms with Gasteiger partial charge in [0.2, 0.25) is 0 Å². The lowest BCUT2D eigenvalue weighted by Crippen LogP contribution is -2.13. The summed E-state index contributed by atoms with van der Waals surface area (Å²) in [7, 11) is 1.24. The first-order valence-electron chi connectivity index (χ1n) is 8.96. The molecule has 0 saturated carbocycles. The summed E-state index contributed by atoms with van der Waals surface area (Å²) in [6.07, 6.45) is 3.94. The maximum Gasteiger partial charge on any atom is 0.0467 e. The van der Waals surface area contributed by atoms with Crippen LogP contribution < -0.4 is 15.1 Å². The van der Waals surface area contributed by atoms with Gasteiger partial charge in [-0.2, -0.15) is 0 Å². The summed E-state index contributed by atoms with van der Waals surface area (Å²) < 4.78 is 2.54. The lowest BCUT2D eigenvalue weighted by atomic mass is 10.0. The van der Waals surface area contributed by atoms with Crippen LogP contribution in [0.3, 0.4) is 0 Å². The fourth-order valence-electron chi connectivity index (χ4n) is 2.87. The summed E-state index contributed by atoms with van der Waals surface area (Å²) in [6, 6.07) is 28.4. The molecule has 3 heteroatoms. The molecule has 3 rings (SSSR count). The van der Waals surface area contributed by atoms with Crippen LogP contribution in [0, 0.1) is 0 Å². The smallest absolute Gasteiger partial charge is 0.0467 e. The minimum absolute atomic E-state index is 0.621. The highest BCUT2D eigenvalue weighted by atomic mass is 31.1. The van der Waals surface area contributed by atoms with E-state index in [0.29, 0.717) is 17.5 Å². The predicted molar refractivity (Wildman–Crippen MR) is 121 cm³/mol. The minimum Gasteiger partial charge on any atom is -0.326 e. The second-order valence-corrected chi connectivity index (χ2v) is 9.04. The number of benzene rings is 3. The molecule has 132 valence electrons. The Kier molecular flexibility index (Phi) is 7.01. The normalized spacial score (nSPS) is 11.4. The van der Waals surface area contributed by atoms with Gasteiger partial charge in [-0.15, -0.1) is 6.58 Å². The Hall–Kier alpha value is -1.94. The standard InChI is InChI=1S/C23H25NP2/c1-3-11-19-16-17-23(20(4-2)18-19)24(25-21-12-7-5-8-13-21)26-22-14-9-6-10-15-22/h3,5-10,12-18,25-26H,1,4,11H2,2H3. The third-order valence-electron chi connectivity index (χ3n) is 4.18. The summed E-state index contributed by atoms with van der Waals surface area (Å²) in [4.78, 5) is 0. The number of allylic oxidation sites excluding steroid dienone is 1. The van der Waals surface area contributed by atoms with Crippen molar-refractivity contribution in [3.05, 3.63) is 103 Å². The number of hydrogen-bond donors (Lipinski definition) is 0. The Morgan fingerprint density at radius 2 is 1.42 bits per heavy atom. The van der Waals surface area contributed by atoms with E-state index in [9.17, 15) is 0 Å². The Morgan fingerprint density at radius 3 is 1.92 bits per heavy atom. The summed E-state index contributed by atoms with van der Waals surface area (Å²) in [5, 5.41) is 2.74. The van der Waals surface area contributed by atoms with Crippen molar-refractivity contribution in [1.82, 2.24) is 0 Å². The molecule has 2 unspecified atom stereocenters. The van der Waals surface area contributed by atoms with E-state index < -0.39 is 0 Å². The summed E-state index contributed by atoms with van der Waals surface area (Å²) in [5.74, 6) is 0. The second-order valence-electron chi connectivity index (χ2n) is 6.10. The lowest BCUT2D eigenvalue weighted by molar-refractivity contribution is 1.12. The van der Waals surface area contributed by atoms with E-state index in [1.165, 1.54) is 27.4 Å². The van der Waals surface area contributed by atoms with Gasteiger partial charge in [0.05, 0.1) is 0 Å². The van der Waals surface area contributed by atoms with Gasteiger partial charge in [0.15, 0.2) is 0 Å². The van der Waals surface area contributed by atoms with Gasteiger partial charge < -0.3 is 4.44 Å². The molecule has 2 atom stereocenters. The van der Waals surface area contributed by atoms with Crippen molar-refractivity contribution in [1.29, 1.82) is 0 Å². The van der Waals surface area contributed by atoms with Gasteiger partial charge in [0.25, 0.3) is 0 Å². The van der Waals surface area contributed by atoms with Gasteiger partial charge >= 0.3 is 0 Å². The predicted octanol–water partition coefficient (Wildman–Crippen LogP) is 5.62.